The van der Waals surface area contributed by atoms with Gasteiger partial charge in [0.05, 0.1) is 11.7 Å². The normalized spacial score (nSPS) is 28.3. The SMILES string of the molecule is CCC1CC(O)(Cc2ccc(Cl)cc2F)CCO1. The summed E-state index contributed by atoms with van der Waals surface area (Å²) < 4.78 is 19.3. The van der Waals surface area contributed by atoms with E-state index in [1.54, 1.807) is 12.1 Å². The molecule has 0 spiro atoms. The fourth-order valence-corrected chi connectivity index (χ4v) is 2.60. The Morgan fingerprint density at radius 1 is 1.56 bits per heavy atom. The zero-order chi connectivity index (χ0) is 13.2. The lowest BCUT2D eigenvalue weighted by Gasteiger charge is -2.36. The van der Waals surface area contributed by atoms with Gasteiger partial charge in [-0.25, -0.2) is 4.39 Å². The molecule has 2 atom stereocenters. The fourth-order valence-electron chi connectivity index (χ4n) is 2.44. The van der Waals surface area contributed by atoms with Crippen molar-refractivity contribution in [3.05, 3.63) is 34.6 Å². The summed E-state index contributed by atoms with van der Waals surface area (Å²) in [4.78, 5) is 0. The highest BCUT2D eigenvalue weighted by atomic mass is 35.5. The Kier molecular flexibility index (Phi) is 4.25. The van der Waals surface area contributed by atoms with Crippen LogP contribution in [-0.4, -0.2) is 23.4 Å². The monoisotopic (exact) mass is 272 g/mol. The second kappa shape index (κ2) is 5.55. The van der Waals surface area contributed by atoms with Gasteiger partial charge in [-0.3, -0.25) is 0 Å². The van der Waals surface area contributed by atoms with Crippen LogP contribution in [0.25, 0.3) is 0 Å². The van der Waals surface area contributed by atoms with Crippen molar-refractivity contribution in [2.45, 2.75) is 44.3 Å². The van der Waals surface area contributed by atoms with Crippen molar-refractivity contribution in [3.63, 3.8) is 0 Å². The van der Waals surface area contributed by atoms with Crippen molar-refractivity contribution in [1.82, 2.24) is 0 Å². The van der Waals surface area contributed by atoms with Gasteiger partial charge in [-0.2, -0.15) is 0 Å². The van der Waals surface area contributed by atoms with Crippen LogP contribution in [0.15, 0.2) is 18.2 Å². The summed E-state index contributed by atoms with van der Waals surface area (Å²) in [7, 11) is 0. The highest BCUT2D eigenvalue weighted by molar-refractivity contribution is 6.30. The first-order valence-electron chi connectivity index (χ1n) is 6.30. The zero-order valence-corrected chi connectivity index (χ0v) is 11.2. The van der Waals surface area contributed by atoms with Crippen molar-refractivity contribution < 1.29 is 14.2 Å². The van der Waals surface area contributed by atoms with Crippen LogP contribution in [-0.2, 0) is 11.2 Å². The van der Waals surface area contributed by atoms with E-state index in [1.807, 2.05) is 6.92 Å². The van der Waals surface area contributed by atoms with E-state index in [0.29, 0.717) is 36.5 Å². The fraction of sp³-hybridized carbons (Fsp3) is 0.571. The minimum absolute atomic E-state index is 0.0686. The molecule has 1 aliphatic rings. The second-order valence-corrected chi connectivity index (χ2v) is 5.43. The molecule has 2 nitrogen and oxygen atoms in total. The summed E-state index contributed by atoms with van der Waals surface area (Å²) in [6.07, 6.45) is 2.36. The van der Waals surface area contributed by atoms with E-state index in [9.17, 15) is 9.50 Å². The van der Waals surface area contributed by atoms with Crippen LogP contribution in [0.1, 0.15) is 31.7 Å². The van der Waals surface area contributed by atoms with Crippen LogP contribution in [0.5, 0.6) is 0 Å². The number of benzene rings is 1. The molecular formula is C14H18ClFO2. The van der Waals surface area contributed by atoms with Crippen molar-refractivity contribution >= 4 is 11.6 Å². The van der Waals surface area contributed by atoms with Gasteiger partial charge in [0.25, 0.3) is 0 Å². The van der Waals surface area contributed by atoms with Gasteiger partial charge in [-0.1, -0.05) is 24.6 Å². The Bertz CT molecular complexity index is 424. The largest absolute Gasteiger partial charge is 0.389 e. The van der Waals surface area contributed by atoms with Crippen molar-refractivity contribution in [2.75, 3.05) is 6.61 Å². The smallest absolute Gasteiger partial charge is 0.127 e. The summed E-state index contributed by atoms with van der Waals surface area (Å²) in [5.74, 6) is -0.351. The molecule has 1 saturated heterocycles. The minimum Gasteiger partial charge on any atom is -0.389 e. The van der Waals surface area contributed by atoms with Gasteiger partial charge in [-0.15, -0.1) is 0 Å². The van der Waals surface area contributed by atoms with E-state index in [0.717, 1.165) is 6.42 Å². The molecule has 18 heavy (non-hydrogen) atoms. The molecule has 1 heterocycles. The molecule has 1 aromatic rings. The average Bonchev–Trinajstić information content (AvgIpc) is 2.33. The van der Waals surface area contributed by atoms with E-state index in [4.69, 9.17) is 16.3 Å². The van der Waals surface area contributed by atoms with E-state index in [-0.39, 0.29) is 11.9 Å². The molecule has 1 aromatic carbocycles. The summed E-state index contributed by atoms with van der Waals surface area (Å²) in [5, 5.41) is 10.9. The Morgan fingerprint density at radius 2 is 2.33 bits per heavy atom. The molecule has 0 saturated carbocycles. The number of hydrogen-bond acceptors (Lipinski definition) is 2. The van der Waals surface area contributed by atoms with Gasteiger partial charge in [0.1, 0.15) is 5.82 Å². The molecule has 0 amide bonds. The van der Waals surface area contributed by atoms with Crippen LogP contribution in [0.3, 0.4) is 0 Å². The molecule has 0 bridgehead atoms. The minimum atomic E-state index is -0.867. The molecule has 1 fully saturated rings. The molecule has 0 aliphatic carbocycles. The maximum Gasteiger partial charge on any atom is 0.127 e. The van der Waals surface area contributed by atoms with E-state index in [2.05, 4.69) is 0 Å². The predicted octanol–water partition coefficient (Wildman–Crippen LogP) is 3.34. The first-order chi connectivity index (χ1) is 8.52. The van der Waals surface area contributed by atoms with Crippen molar-refractivity contribution in [3.8, 4) is 0 Å². The highest BCUT2D eigenvalue weighted by Crippen LogP contribution is 2.30. The van der Waals surface area contributed by atoms with Gasteiger partial charge >= 0.3 is 0 Å². The Balaban J connectivity index is 2.11. The number of ether oxygens (including phenoxy) is 1. The van der Waals surface area contributed by atoms with Gasteiger partial charge in [-0.05, 0) is 30.5 Å². The highest BCUT2D eigenvalue weighted by Gasteiger charge is 2.35. The number of rotatable bonds is 3. The summed E-state index contributed by atoms with van der Waals surface area (Å²) in [6.45, 7) is 2.56. The maximum absolute atomic E-state index is 13.7. The first kappa shape index (κ1) is 13.8. The van der Waals surface area contributed by atoms with Gasteiger partial charge in [0, 0.05) is 24.5 Å². The first-order valence-corrected chi connectivity index (χ1v) is 6.68. The molecule has 0 radical (unpaired) electrons. The van der Waals surface area contributed by atoms with E-state index < -0.39 is 5.60 Å². The van der Waals surface area contributed by atoms with Crippen LogP contribution in [0.2, 0.25) is 5.02 Å². The molecule has 2 rings (SSSR count). The van der Waals surface area contributed by atoms with Gasteiger partial charge in [0.15, 0.2) is 0 Å². The third kappa shape index (κ3) is 3.22. The molecule has 100 valence electrons. The predicted molar refractivity (Wildman–Crippen MR) is 69.3 cm³/mol. The van der Waals surface area contributed by atoms with Crippen molar-refractivity contribution in [1.29, 1.82) is 0 Å². The second-order valence-electron chi connectivity index (χ2n) is 4.99. The lowest BCUT2D eigenvalue weighted by Crippen LogP contribution is -2.42. The molecule has 2 unspecified atom stereocenters. The third-order valence-electron chi connectivity index (χ3n) is 3.52. The molecular weight excluding hydrogens is 255 g/mol. The number of hydrogen-bond donors (Lipinski definition) is 1. The number of aliphatic hydroxyl groups is 1. The van der Waals surface area contributed by atoms with E-state index in [1.165, 1.54) is 6.07 Å². The summed E-state index contributed by atoms with van der Waals surface area (Å²) in [6, 6.07) is 4.59. The average molecular weight is 273 g/mol. The third-order valence-corrected chi connectivity index (χ3v) is 3.75. The molecule has 1 aliphatic heterocycles. The van der Waals surface area contributed by atoms with Crippen LogP contribution in [0, 0.1) is 5.82 Å². The van der Waals surface area contributed by atoms with Crippen LogP contribution < -0.4 is 0 Å². The lowest BCUT2D eigenvalue weighted by molar-refractivity contribution is -0.103. The summed E-state index contributed by atoms with van der Waals surface area (Å²) in [5.41, 5.74) is -0.355. The van der Waals surface area contributed by atoms with Crippen molar-refractivity contribution in [2.24, 2.45) is 0 Å². The van der Waals surface area contributed by atoms with Gasteiger partial charge < -0.3 is 9.84 Å². The Morgan fingerprint density at radius 3 is 3.00 bits per heavy atom. The summed E-state index contributed by atoms with van der Waals surface area (Å²) >= 11 is 5.72. The zero-order valence-electron chi connectivity index (χ0n) is 10.5. The van der Waals surface area contributed by atoms with Crippen LogP contribution >= 0.6 is 11.6 Å². The number of halogens is 2. The van der Waals surface area contributed by atoms with Gasteiger partial charge in [0.2, 0.25) is 0 Å². The molecule has 1 N–H and O–H groups in total. The van der Waals surface area contributed by atoms with E-state index >= 15 is 0 Å². The molecule has 0 aromatic heterocycles. The van der Waals surface area contributed by atoms with Crippen LogP contribution in [0.4, 0.5) is 4.39 Å². The topological polar surface area (TPSA) is 29.5 Å². The standard InChI is InChI=1S/C14H18ClFO2/c1-2-12-9-14(17,5-6-18-12)8-10-3-4-11(15)7-13(10)16/h3-4,7,12,17H,2,5-6,8-9H2,1H3. The molecule has 4 heteroatoms. The lowest BCUT2D eigenvalue weighted by atomic mass is 9.84. The quantitative estimate of drug-likeness (QED) is 0.914. The Hall–Kier alpha value is -0.640. The maximum atomic E-state index is 13.7. The Labute approximate surface area is 112 Å².